The minimum Gasteiger partial charge on any atom is -0.296 e. The lowest BCUT2D eigenvalue weighted by molar-refractivity contribution is 0.102. The van der Waals surface area contributed by atoms with E-state index in [4.69, 9.17) is 11.6 Å². The highest BCUT2D eigenvalue weighted by Crippen LogP contribution is 2.32. The van der Waals surface area contributed by atoms with Gasteiger partial charge in [0.15, 0.2) is 5.01 Å². The molecule has 31 heavy (non-hydrogen) atoms. The van der Waals surface area contributed by atoms with E-state index in [1.54, 1.807) is 18.2 Å². The van der Waals surface area contributed by atoms with Gasteiger partial charge in [-0.1, -0.05) is 53.6 Å². The Balaban J connectivity index is 1.53. The molecule has 2 aromatic carbocycles. The second-order valence-corrected chi connectivity index (χ2v) is 10.6. The van der Waals surface area contributed by atoms with Gasteiger partial charge >= 0.3 is 0 Å². The van der Waals surface area contributed by atoms with Crippen molar-refractivity contribution in [2.75, 3.05) is 11.9 Å². The van der Waals surface area contributed by atoms with Crippen molar-refractivity contribution < 1.29 is 13.2 Å². The van der Waals surface area contributed by atoms with Crippen LogP contribution in [0.3, 0.4) is 0 Å². The zero-order chi connectivity index (χ0) is 22.0. The van der Waals surface area contributed by atoms with Crippen LogP contribution in [-0.4, -0.2) is 41.4 Å². The predicted octanol–water partition coefficient (Wildman–Crippen LogP) is 4.67. The third-order valence-corrected chi connectivity index (χ3v) is 8.41. The Morgan fingerprint density at radius 3 is 2.74 bits per heavy atom. The van der Waals surface area contributed by atoms with Crippen LogP contribution >= 0.6 is 22.9 Å². The molecule has 1 aliphatic rings. The topological polar surface area (TPSA) is 92.3 Å². The molecule has 0 radical (unpaired) electrons. The number of amides is 1. The van der Waals surface area contributed by atoms with E-state index >= 15 is 0 Å². The molecule has 1 atom stereocenters. The van der Waals surface area contributed by atoms with Gasteiger partial charge in [-0.25, -0.2) is 8.42 Å². The molecule has 1 saturated heterocycles. The second kappa shape index (κ2) is 9.04. The number of carbonyl (C=O) groups is 1. The first-order valence-corrected chi connectivity index (χ1v) is 12.5. The number of nitrogens with zero attached hydrogens (tertiary/aromatic N) is 3. The van der Waals surface area contributed by atoms with Crippen molar-refractivity contribution in [1.82, 2.24) is 14.5 Å². The summed E-state index contributed by atoms with van der Waals surface area (Å²) in [5, 5.41) is 12.2. The van der Waals surface area contributed by atoms with E-state index in [1.807, 2.05) is 25.1 Å². The van der Waals surface area contributed by atoms with E-state index in [0.29, 0.717) is 21.7 Å². The highest BCUT2D eigenvalue weighted by Gasteiger charge is 2.31. The summed E-state index contributed by atoms with van der Waals surface area (Å²) in [6.07, 6.45) is 2.70. The Kier molecular flexibility index (Phi) is 6.38. The van der Waals surface area contributed by atoms with Gasteiger partial charge in [0.05, 0.1) is 9.92 Å². The monoisotopic (exact) mass is 476 g/mol. The lowest BCUT2D eigenvalue weighted by atomic mass is 10.1. The summed E-state index contributed by atoms with van der Waals surface area (Å²) in [7, 11) is -3.66. The number of piperidine rings is 1. The van der Waals surface area contributed by atoms with Gasteiger partial charge in [0.25, 0.3) is 5.91 Å². The van der Waals surface area contributed by atoms with E-state index < -0.39 is 15.9 Å². The van der Waals surface area contributed by atoms with Crippen LogP contribution in [0.4, 0.5) is 5.13 Å². The van der Waals surface area contributed by atoms with E-state index in [2.05, 4.69) is 15.5 Å². The summed E-state index contributed by atoms with van der Waals surface area (Å²) in [6, 6.07) is 13.3. The summed E-state index contributed by atoms with van der Waals surface area (Å²) < 4.78 is 27.7. The van der Waals surface area contributed by atoms with Crippen molar-refractivity contribution in [2.24, 2.45) is 0 Å². The molecule has 1 fully saturated rings. The van der Waals surface area contributed by atoms with Gasteiger partial charge in [-0.3, -0.25) is 10.1 Å². The van der Waals surface area contributed by atoms with Gasteiger partial charge < -0.3 is 0 Å². The molecule has 1 aromatic heterocycles. The van der Waals surface area contributed by atoms with Crippen LogP contribution in [0.2, 0.25) is 5.02 Å². The Morgan fingerprint density at radius 2 is 1.97 bits per heavy atom. The number of aromatic nitrogens is 2. The summed E-state index contributed by atoms with van der Waals surface area (Å²) >= 11 is 7.39. The number of rotatable bonds is 5. The average molecular weight is 477 g/mol. The van der Waals surface area contributed by atoms with E-state index in [1.165, 1.54) is 27.8 Å². The molecular formula is C21H21ClN4O3S2. The number of sulfonamides is 1. The van der Waals surface area contributed by atoms with Crippen LogP contribution in [-0.2, 0) is 10.0 Å². The maximum absolute atomic E-state index is 13.1. The van der Waals surface area contributed by atoms with Gasteiger partial charge in [0, 0.05) is 23.7 Å². The average Bonchev–Trinajstić information content (AvgIpc) is 3.22. The molecular weight excluding hydrogens is 456 g/mol. The summed E-state index contributed by atoms with van der Waals surface area (Å²) in [5.74, 6) is -0.453. The first-order valence-electron chi connectivity index (χ1n) is 9.88. The Bertz CT molecular complexity index is 1210. The molecule has 0 spiro atoms. The van der Waals surface area contributed by atoms with Crippen molar-refractivity contribution in [3.63, 3.8) is 0 Å². The Hall–Kier alpha value is -2.33. The first kappa shape index (κ1) is 21.9. The van der Waals surface area contributed by atoms with Crippen LogP contribution in [0, 0.1) is 0 Å². The van der Waals surface area contributed by atoms with E-state index in [9.17, 15) is 13.2 Å². The number of anilines is 1. The SMILES string of the molecule is CC1CCCCN1S(=O)(=O)c1cccc(C(=O)Nc2nnc(-c3ccccc3Cl)s2)c1. The molecule has 0 saturated carbocycles. The van der Waals surface area contributed by atoms with Crippen molar-refractivity contribution in [3.05, 3.63) is 59.1 Å². The smallest absolute Gasteiger partial charge is 0.257 e. The normalized spacial score (nSPS) is 17.4. The molecule has 1 aliphatic heterocycles. The second-order valence-electron chi connectivity index (χ2n) is 7.33. The standard InChI is InChI=1S/C21H21ClN4O3S2/c1-14-7-4-5-12-26(14)31(28,29)16-9-6-8-15(13-16)19(27)23-21-25-24-20(30-21)17-10-2-3-11-18(17)22/h2-3,6,8-11,13-14H,4-5,7,12H2,1H3,(H,23,25,27). The molecule has 10 heteroatoms. The molecule has 162 valence electrons. The largest absolute Gasteiger partial charge is 0.296 e. The fourth-order valence-electron chi connectivity index (χ4n) is 3.55. The quantitative estimate of drug-likeness (QED) is 0.577. The lowest BCUT2D eigenvalue weighted by Crippen LogP contribution is -2.41. The van der Waals surface area contributed by atoms with Gasteiger partial charge in [0.1, 0.15) is 0 Å². The number of hydrogen-bond acceptors (Lipinski definition) is 6. The number of halogens is 1. The molecule has 0 aliphatic carbocycles. The van der Waals surface area contributed by atoms with Gasteiger partial charge in [-0.05, 0) is 44.0 Å². The molecule has 2 heterocycles. The molecule has 1 unspecified atom stereocenters. The Labute approximate surface area is 190 Å². The van der Waals surface area contributed by atoms with Crippen LogP contribution in [0.15, 0.2) is 53.4 Å². The van der Waals surface area contributed by atoms with Crippen LogP contribution in [0.5, 0.6) is 0 Å². The van der Waals surface area contributed by atoms with Crippen molar-refractivity contribution >= 4 is 44.0 Å². The maximum atomic E-state index is 13.1. The predicted molar refractivity (Wildman–Crippen MR) is 122 cm³/mol. The maximum Gasteiger partial charge on any atom is 0.257 e. The van der Waals surface area contributed by atoms with Crippen LogP contribution < -0.4 is 5.32 Å². The number of nitrogens with one attached hydrogen (secondary N) is 1. The van der Waals surface area contributed by atoms with E-state index in [-0.39, 0.29) is 16.5 Å². The summed E-state index contributed by atoms with van der Waals surface area (Å²) in [5.41, 5.74) is 0.964. The fourth-order valence-corrected chi connectivity index (χ4v) is 6.35. The minimum absolute atomic E-state index is 0.0548. The van der Waals surface area contributed by atoms with Gasteiger partial charge in [-0.15, -0.1) is 10.2 Å². The zero-order valence-corrected chi connectivity index (χ0v) is 19.2. The van der Waals surface area contributed by atoms with Crippen molar-refractivity contribution in [1.29, 1.82) is 0 Å². The summed E-state index contributed by atoms with van der Waals surface area (Å²) in [4.78, 5) is 12.9. The minimum atomic E-state index is -3.66. The first-order chi connectivity index (χ1) is 14.9. The lowest BCUT2D eigenvalue weighted by Gasteiger charge is -2.32. The van der Waals surface area contributed by atoms with Crippen LogP contribution in [0.25, 0.3) is 10.6 Å². The zero-order valence-electron chi connectivity index (χ0n) is 16.8. The summed E-state index contributed by atoms with van der Waals surface area (Å²) in [6.45, 7) is 2.41. The molecule has 7 nitrogen and oxygen atoms in total. The van der Waals surface area contributed by atoms with Gasteiger partial charge in [-0.2, -0.15) is 4.31 Å². The van der Waals surface area contributed by atoms with Gasteiger partial charge in [0.2, 0.25) is 15.2 Å². The Morgan fingerprint density at radius 1 is 1.16 bits per heavy atom. The fraction of sp³-hybridized carbons (Fsp3) is 0.286. The third kappa shape index (κ3) is 4.64. The molecule has 3 aromatic rings. The molecule has 1 amide bonds. The van der Waals surface area contributed by atoms with E-state index in [0.717, 1.165) is 24.8 Å². The van der Waals surface area contributed by atoms with Crippen molar-refractivity contribution in [2.45, 2.75) is 37.1 Å². The molecule has 0 bridgehead atoms. The highest BCUT2D eigenvalue weighted by atomic mass is 35.5. The number of benzene rings is 2. The number of hydrogen-bond donors (Lipinski definition) is 1. The number of carbonyl (C=O) groups excluding carboxylic acids is 1. The van der Waals surface area contributed by atoms with Crippen LogP contribution in [0.1, 0.15) is 36.5 Å². The van der Waals surface area contributed by atoms with Crippen molar-refractivity contribution in [3.8, 4) is 10.6 Å². The molecule has 4 rings (SSSR count). The third-order valence-electron chi connectivity index (χ3n) is 5.19. The molecule has 1 N–H and O–H groups in total. The highest BCUT2D eigenvalue weighted by molar-refractivity contribution is 7.89.